The van der Waals surface area contributed by atoms with Crippen molar-refractivity contribution in [2.45, 2.75) is 32.0 Å². The van der Waals surface area contributed by atoms with E-state index in [0.29, 0.717) is 12.1 Å². The highest BCUT2D eigenvalue weighted by molar-refractivity contribution is 6.00. The van der Waals surface area contributed by atoms with Gasteiger partial charge in [0.15, 0.2) is 6.04 Å². The molecule has 5 heteroatoms. The predicted octanol–water partition coefficient (Wildman–Crippen LogP) is 4.60. The maximum absolute atomic E-state index is 13.7. The van der Waals surface area contributed by atoms with Crippen LogP contribution in [-0.2, 0) is 16.9 Å². The number of carboxylic acid groups (broad SMARTS) is 1. The fraction of sp³-hybridized carbons (Fsp3) is 0.212. The molecule has 4 aromatic carbocycles. The number of hydrogen-bond donors (Lipinski definition) is 0. The minimum atomic E-state index is -1.50. The molecule has 0 fully saturated rings. The Balaban J connectivity index is 1.84. The van der Waals surface area contributed by atoms with E-state index in [1.165, 1.54) is 0 Å². The first-order valence-corrected chi connectivity index (χ1v) is 12.8. The van der Waals surface area contributed by atoms with E-state index in [9.17, 15) is 9.90 Å². The number of ether oxygens (including phenoxy) is 1. The second kappa shape index (κ2) is 10.2. The Bertz CT molecular complexity index is 1480. The molecule has 1 heterocycles. The molecule has 2 atom stereocenters. The molecular weight excluding hydrogens is 472 g/mol. The summed E-state index contributed by atoms with van der Waals surface area (Å²) in [7, 11) is 3.61. The SMILES string of the molecule is COc1ccc(C2=[N+](C)C(c3cccc(C)c3)C(C(=O)[O-])(c3ccc(C)cc3)N2Cc2ccccc2)cc1. The molecule has 0 radical (unpaired) electrons. The number of rotatable bonds is 7. The van der Waals surface area contributed by atoms with Crippen molar-refractivity contribution in [3.63, 3.8) is 0 Å². The number of nitrogens with zero attached hydrogens (tertiary/aromatic N) is 2. The van der Waals surface area contributed by atoms with Crippen LogP contribution in [0.25, 0.3) is 0 Å². The van der Waals surface area contributed by atoms with E-state index in [-0.39, 0.29) is 0 Å². The number of likely N-dealkylation sites (N-methyl/N-ethyl adjacent to an activating group) is 1. The molecule has 0 aliphatic carbocycles. The van der Waals surface area contributed by atoms with E-state index in [4.69, 9.17) is 4.74 Å². The van der Waals surface area contributed by atoms with Gasteiger partial charge in [-0.3, -0.25) is 4.58 Å². The van der Waals surface area contributed by atoms with E-state index in [2.05, 4.69) is 10.6 Å². The van der Waals surface area contributed by atoms with E-state index < -0.39 is 17.6 Å². The number of aryl methyl sites for hydroxylation is 2. The van der Waals surface area contributed by atoms with Crippen LogP contribution in [0.1, 0.15) is 39.4 Å². The number of carbonyl (C=O) groups excluding carboxylic acids is 1. The lowest BCUT2D eigenvalue weighted by Crippen LogP contribution is -2.59. The van der Waals surface area contributed by atoms with Gasteiger partial charge in [-0.2, -0.15) is 0 Å². The summed E-state index contributed by atoms with van der Waals surface area (Å²) in [6.45, 7) is 4.42. The van der Waals surface area contributed by atoms with Crippen molar-refractivity contribution in [2.75, 3.05) is 14.2 Å². The number of hydrogen-bond acceptors (Lipinski definition) is 4. The first kappa shape index (κ1) is 25.3. The third-order valence-corrected chi connectivity index (χ3v) is 7.49. The molecule has 5 rings (SSSR count). The highest BCUT2D eigenvalue weighted by atomic mass is 16.5. The third kappa shape index (κ3) is 4.24. The Morgan fingerprint density at radius 2 is 1.58 bits per heavy atom. The molecule has 1 aliphatic rings. The first-order valence-electron chi connectivity index (χ1n) is 12.8. The molecule has 0 bridgehead atoms. The summed E-state index contributed by atoms with van der Waals surface area (Å²) in [6.07, 6.45) is 0. The summed E-state index contributed by atoms with van der Waals surface area (Å²) < 4.78 is 7.50. The van der Waals surface area contributed by atoms with E-state index in [1.807, 2.05) is 123 Å². The Labute approximate surface area is 224 Å². The van der Waals surface area contributed by atoms with Crippen molar-refractivity contribution >= 4 is 11.8 Å². The summed E-state index contributed by atoms with van der Waals surface area (Å²) >= 11 is 0. The van der Waals surface area contributed by atoms with Crippen LogP contribution in [-0.4, -0.2) is 35.4 Å². The molecular formula is C33H32N2O3. The van der Waals surface area contributed by atoms with Gasteiger partial charge in [0.25, 0.3) is 5.84 Å². The quantitative estimate of drug-likeness (QED) is 0.345. The fourth-order valence-electron chi connectivity index (χ4n) is 5.74. The van der Waals surface area contributed by atoms with E-state index >= 15 is 0 Å². The second-order valence-corrected chi connectivity index (χ2v) is 9.97. The maximum Gasteiger partial charge on any atom is 0.281 e. The molecule has 4 aromatic rings. The van der Waals surface area contributed by atoms with Gasteiger partial charge in [-0.05, 0) is 43.7 Å². The molecule has 0 spiro atoms. The van der Waals surface area contributed by atoms with E-state index in [1.54, 1.807) is 7.11 Å². The van der Waals surface area contributed by atoms with Gasteiger partial charge in [-0.15, -0.1) is 0 Å². The van der Waals surface area contributed by atoms with Crippen LogP contribution in [0.4, 0.5) is 0 Å². The zero-order valence-corrected chi connectivity index (χ0v) is 22.2. The molecule has 5 nitrogen and oxygen atoms in total. The molecule has 0 aromatic heterocycles. The van der Waals surface area contributed by atoms with E-state index in [0.717, 1.165) is 39.4 Å². The summed E-state index contributed by atoms with van der Waals surface area (Å²) in [5.74, 6) is 0.413. The van der Waals surface area contributed by atoms with Gasteiger partial charge in [0, 0.05) is 11.1 Å². The number of methoxy groups -OCH3 is 1. The lowest BCUT2D eigenvalue weighted by molar-refractivity contribution is -0.545. The highest BCUT2D eigenvalue weighted by Gasteiger charge is 2.62. The van der Waals surface area contributed by atoms with Gasteiger partial charge < -0.3 is 14.6 Å². The second-order valence-electron chi connectivity index (χ2n) is 9.97. The van der Waals surface area contributed by atoms with Gasteiger partial charge in [0.1, 0.15) is 12.3 Å². The number of benzene rings is 4. The Morgan fingerprint density at radius 3 is 2.18 bits per heavy atom. The molecule has 0 amide bonds. The number of carbonyl (C=O) groups is 1. The summed E-state index contributed by atoms with van der Waals surface area (Å²) in [6, 6.07) is 33.1. The summed E-state index contributed by atoms with van der Waals surface area (Å²) in [5.41, 5.74) is 4.14. The predicted molar refractivity (Wildman–Crippen MR) is 147 cm³/mol. The van der Waals surface area contributed by atoms with Crippen molar-refractivity contribution in [3.05, 3.63) is 137 Å². The number of aliphatic carboxylic acids is 1. The van der Waals surface area contributed by atoms with Crippen LogP contribution in [0.15, 0.2) is 103 Å². The highest BCUT2D eigenvalue weighted by Crippen LogP contribution is 2.48. The standard InChI is InChI=1S/C33H32N2O3/c1-23-13-17-28(18-14-23)33(32(36)37)30(27-12-8-9-24(2)21-27)34(3)31(26-15-19-29(38-4)20-16-26)35(33)22-25-10-6-5-7-11-25/h5-21,30H,22H2,1-4H3. The first-order chi connectivity index (χ1) is 18.4. The monoisotopic (exact) mass is 504 g/mol. The minimum Gasteiger partial charge on any atom is -0.545 e. The molecule has 0 N–H and O–H groups in total. The van der Waals surface area contributed by atoms with Gasteiger partial charge in [-0.25, -0.2) is 4.90 Å². The largest absolute Gasteiger partial charge is 0.545 e. The van der Waals surface area contributed by atoms with Crippen LogP contribution >= 0.6 is 0 Å². The topological polar surface area (TPSA) is 55.6 Å². The van der Waals surface area contributed by atoms with Crippen LogP contribution in [0.3, 0.4) is 0 Å². The summed E-state index contributed by atoms with van der Waals surface area (Å²) in [4.78, 5) is 15.7. The Morgan fingerprint density at radius 1 is 0.895 bits per heavy atom. The normalized spacial score (nSPS) is 19.1. The minimum absolute atomic E-state index is 0.386. The average Bonchev–Trinajstić information content (AvgIpc) is 3.18. The van der Waals surface area contributed by atoms with Crippen molar-refractivity contribution in [1.29, 1.82) is 0 Å². The van der Waals surface area contributed by atoms with Gasteiger partial charge >= 0.3 is 0 Å². The zero-order valence-electron chi connectivity index (χ0n) is 22.2. The van der Waals surface area contributed by atoms with Crippen molar-refractivity contribution in [3.8, 4) is 5.75 Å². The van der Waals surface area contributed by atoms with Crippen LogP contribution in [0, 0.1) is 13.8 Å². The van der Waals surface area contributed by atoms with Gasteiger partial charge in [0.05, 0.1) is 25.7 Å². The average molecular weight is 505 g/mol. The van der Waals surface area contributed by atoms with Crippen LogP contribution in [0.5, 0.6) is 5.75 Å². The lowest BCUT2D eigenvalue weighted by Gasteiger charge is -2.39. The molecule has 0 saturated carbocycles. The van der Waals surface area contributed by atoms with Crippen LogP contribution in [0.2, 0.25) is 0 Å². The molecule has 38 heavy (non-hydrogen) atoms. The number of carboxylic acids is 1. The number of amidine groups is 1. The Hall–Kier alpha value is -4.38. The Kier molecular flexibility index (Phi) is 6.77. The zero-order chi connectivity index (χ0) is 26.9. The molecule has 192 valence electrons. The van der Waals surface area contributed by atoms with Crippen molar-refractivity contribution in [1.82, 2.24) is 4.90 Å². The smallest absolute Gasteiger partial charge is 0.281 e. The van der Waals surface area contributed by atoms with Gasteiger partial charge in [-0.1, -0.05) is 90.0 Å². The van der Waals surface area contributed by atoms with Gasteiger partial charge in [0.2, 0.25) is 5.54 Å². The lowest BCUT2D eigenvalue weighted by atomic mass is 9.78. The third-order valence-electron chi connectivity index (χ3n) is 7.49. The fourth-order valence-corrected chi connectivity index (χ4v) is 5.74. The molecule has 0 saturated heterocycles. The van der Waals surface area contributed by atoms with Crippen molar-refractivity contribution < 1.29 is 19.2 Å². The molecule has 2 unspecified atom stereocenters. The van der Waals surface area contributed by atoms with Crippen molar-refractivity contribution in [2.24, 2.45) is 0 Å². The molecule has 1 aliphatic heterocycles. The van der Waals surface area contributed by atoms with Crippen LogP contribution < -0.4 is 9.84 Å². The summed E-state index contributed by atoms with van der Waals surface area (Å²) in [5, 5.41) is 13.7. The maximum atomic E-state index is 13.7.